The fourth-order valence-corrected chi connectivity index (χ4v) is 3.54. The van der Waals surface area contributed by atoms with Gasteiger partial charge < -0.3 is 16.0 Å². The molecule has 0 aliphatic heterocycles. The van der Waals surface area contributed by atoms with Crippen molar-refractivity contribution in [3.63, 3.8) is 0 Å². The lowest BCUT2D eigenvalue weighted by Crippen LogP contribution is -2.48. The Balaban J connectivity index is 1.84. The van der Waals surface area contributed by atoms with Crippen LogP contribution in [0.1, 0.15) is 32.3 Å². The number of nitrogens with one attached hydrogen (secondary N) is 2. The Hall–Kier alpha value is -3.15. The van der Waals surface area contributed by atoms with Crippen molar-refractivity contribution in [1.82, 2.24) is 10.3 Å². The maximum absolute atomic E-state index is 13.3. The lowest BCUT2D eigenvalue weighted by atomic mass is 9.97. The molecule has 0 radical (unpaired) electrons. The fourth-order valence-electron chi connectivity index (χ4n) is 3.54. The predicted octanol–water partition coefficient (Wildman–Crippen LogP) is 3.92. The van der Waals surface area contributed by atoms with E-state index in [1.54, 1.807) is 12.1 Å². The summed E-state index contributed by atoms with van der Waals surface area (Å²) >= 11 is 0. The highest BCUT2D eigenvalue weighted by Gasteiger charge is 2.24. The summed E-state index contributed by atoms with van der Waals surface area (Å²) in [7, 11) is 0. The summed E-state index contributed by atoms with van der Waals surface area (Å²) in [6.45, 7) is 3.84. The number of benzene rings is 2. The molecule has 5 nitrogen and oxygen atoms in total. The molecule has 4 N–H and O–H groups in total. The molecule has 3 aromatic rings. The maximum atomic E-state index is 13.3. The van der Waals surface area contributed by atoms with Crippen LogP contribution in [-0.4, -0.2) is 22.8 Å². The van der Waals surface area contributed by atoms with E-state index in [0.717, 1.165) is 34.1 Å². The smallest absolute Gasteiger partial charge is 0.240 e. The number of rotatable bonds is 8. The summed E-state index contributed by atoms with van der Waals surface area (Å²) in [6, 6.07) is 13.4. The van der Waals surface area contributed by atoms with Gasteiger partial charge in [0.25, 0.3) is 0 Å². The number of nitrogens with two attached hydrogens (primary N) is 1. The normalized spacial score (nSPS) is 13.2. The van der Waals surface area contributed by atoms with E-state index in [1.165, 1.54) is 12.1 Å². The van der Waals surface area contributed by atoms with Gasteiger partial charge in [-0.1, -0.05) is 38.5 Å². The number of amides is 2. The lowest BCUT2D eigenvalue weighted by Gasteiger charge is -2.21. The van der Waals surface area contributed by atoms with Gasteiger partial charge in [0.1, 0.15) is 11.9 Å². The first-order valence-corrected chi connectivity index (χ1v) is 9.85. The van der Waals surface area contributed by atoms with E-state index in [1.807, 2.05) is 38.1 Å². The molecule has 3 rings (SSSR count). The number of aromatic nitrogens is 1. The van der Waals surface area contributed by atoms with Crippen LogP contribution in [0.3, 0.4) is 0 Å². The summed E-state index contributed by atoms with van der Waals surface area (Å²) in [5.74, 6) is -1.07. The van der Waals surface area contributed by atoms with Gasteiger partial charge in [-0.3, -0.25) is 9.59 Å². The molecule has 0 fully saturated rings. The van der Waals surface area contributed by atoms with E-state index < -0.39 is 11.9 Å². The number of fused-ring (bicyclic) bond motifs is 1. The summed E-state index contributed by atoms with van der Waals surface area (Å²) < 4.78 is 13.3. The summed E-state index contributed by atoms with van der Waals surface area (Å²) in [6.07, 6.45) is 1.44. The zero-order valence-corrected chi connectivity index (χ0v) is 16.7. The van der Waals surface area contributed by atoms with Crippen LogP contribution in [0.25, 0.3) is 22.2 Å². The summed E-state index contributed by atoms with van der Waals surface area (Å²) in [5.41, 5.74) is 9.11. The molecule has 2 aromatic carbocycles. The van der Waals surface area contributed by atoms with Gasteiger partial charge in [-0.2, -0.15) is 0 Å². The number of aromatic amines is 1. The number of carbonyl (C=O) groups excluding carboxylic acids is 2. The summed E-state index contributed by atoms with van der Waals surface area (Å²) in [5, 5.41) is 3.79. The highest BCUT2D eigenvalue weighted by atomic mass is 19.1. The van der Waals surface area contributed by atoms with Crippen LogP contribution in [0.4, 0.5) is 4.39 Å². The van der Waals surface area contributed by atoms with Crippen LogP contribution in [0.5, 0.6) is 0 Å². The number of hydrogen-bond acceptors (Lipinski definition) is 2. The molecular weight excluding hydrogens is 369 g/mol. The molecule has 0 aliphatic rings. The fraction of sp³-hybridized carbons (Fsp3) is 0.304. The Morgan fingerprint density at radius 1 is 1.14 bits per heavy atom. The molecule has 1 aromatic heterocycles. The van der Waals surface area contributed by atoms with Gasteiger partial charge >= 0.3 is 0 Å². The molecule has 2 amide bonds. The number of carbonyl (C=O) groups is 2. The molecule has 29 heavy (non-hydrogen) atoms. The Morgan fingerprint density at radius 3 is 2.48 bits per heavy atom. The van der Waals surface area contributed by atoms with Gasteiger partial charge in [-0.15, -0.1) is 0 Å². The Kier molecular flexibility index (Phi) is 6.32. The molecule has 152 valence electrons. The van der Waals surface area contributed by atoms with Crippen LogP contribution in [-0.2, 0) is 16.0 Å². The van der Waals surface area contributed by atoms with Gasteiger partial charge in [0.15, 0.2) is 0 Å². The minimum absolute atomic E-state index is 0.0284. The number of aryl methyl sites for hydroxylation is 1. The van der Waals surface area contributed by atoms with Gasteiger partial charge in [-0.25, -0.2) is 4.39 Å². The van der Waals surface area contributed by atoms with Crippen molar-refractivity contribution in [2.45, 2.75) is 39.2 Å². The second-order valence-electron chi connectivity index (χ2n) is 7.36. The largest absolute Gasteiger partial charge is 0.368 e. The van der Waals surface area contributed by atoms with Crippen molar-refractivity contribution in [2.24, 2.45) is 11.7 Å². The van der Waals surface area contributed by atoms with Crippen molar-refractivity contribution in [3.8, 4) is 11.3 Å². The van der Waals surface area contributed by atoms with Crippen molar-refractivity contribution >= 4 is 22.7 Å². The number of halogens is 1. The third kappa shape index (κ3) is 4.65. The minimum Gasteiger partial charge on any atom is -0.368 e. The van der Waals surface area contributed by atoms with Crippen LogP contribution in [0.2, 0.25) is 0 Å². The second-order valence-corrected chi connectivity index (χ2v) is 7.36. The topological polar surface area (TPSA) is 88.0 Å². The van der Waals surface area contributed by atoms with Crippen molar-refractivity contribution in [1.29, 1.82) is 0 Å². The van der Waals surface area contributed by atoms with Gasteiger partial charge in [0.05, 0.1) is 0 Å². The highest BCUT2D eigenvalue weighted by Crippen LogP contribution is 2.31. The van der Waals surface area contributed by atoms with Crippen molar-refractivity contribution in [2.75, 3.05) is 0 Å². The van der Waals surface area contributed by atoms with E-state index >= 15 is 0 Å². The minimum atomic E-state index is -0.674. The van der Waals surface area contributed by atoms with E-state index in [2.05, 4.69) is 10.3 Å². The molecular formula is C23H26FN3O2. The predicted molar refractivity (Wildman–Crippen MR) is 113 cm³/mol. The third-order valence-corrected chi connectivity index (χ3v) is 5.38. The zero-order valence-electron chi connectivity index (χ0n) is 16.7. The second kappa shape index (κ2) is 8.90. The average molecular weight is 395 g/mol. The third-order valence-electron chi connectivity index (χ3n) is 5.38. The van der Waals surface area contributed by atoms with Crippen LogP contribution < -0.4 is 11.1 Å². The summed E-state index contributed by atoms with van der Waals surface area (Å²) in [4.78, 5) is 27.6. The Labute approximate surface area is 169 Å². The molecule has 2 atom stereocenters. The first kappa shape index (κ1) is 20.6. The number of H-pyrrole nitrogens is 1. The average Bonchev–Trinajstić information content (AvgIpc) is 3.08. The molecule has 0 bridgehead atoms. The highest BCUT2D eigenvalue weighted by molar-refractivity contribution is 5.92. The number of primary amides is 1. The van der Waals surface area contributed by atoms with Crippen LogP contribution in [0, 0.1) is 11.7 Å². The van der Waals surface area contributed by atoms with Gasteiger partial charge in [0.2, 0.25) is 11.8 Å². The maximum Gasteiger partial charge on any atom is 0.240 e. The first-order valence-electron chi connectivity index (χ1n) is 9.85. The standard InChI is InChI=1S/C23H26FN3O2/c1-3-14(2)21(23(25)29)27-20(28)13-12-18-17-6-4-5-7-19(17)26-22(18)15-8-10-16(24)11-9-15/h4-11,14,21,26H,3,12-13H2,1-2H3,(H2,25,29)(H,27,28). The van der Waals surface area contributed by atoms with Crippen LogP contribution in [0.15, 0.2) is 48.5 Å². The van der Waals surface area contributed by atoms with Gasteiger partial charge in [-0.05, 0) is 53.8 Å². The molecule has 0 spiro atoms. The SMILES string of the molecule is CCC(C)C(NC(=O)CCc1c(-c2ccc(F)cc2)[nH]c2ccccc12)C(N)=O. The van der Waals surface area contributed by atoms with Crippen molar-refractivity contribution < 1.29 is 14.0 Å². The molecule has 2 unspecified atom stereocenters. The first-order chi connectivity index (χ1) is 13.9. The van der Waals surface area contributed by atoms with E-state index in [9.17, 15) is 14.0 Å². The Bertz CT molecular complexity index is 1010. The van der Waals surface area contributed by atoms with Gasteiger partial charge in [0, 0.05) is 23.0 Å². The van der Waals surface area contributed by atoms with E-state index in [0.29, 0.717) is 6.42 Å². The molecule has 0 saturated carbocycles. The molecule has 1 heterocycles. The van der Waals surface area contributed by atoms with E-state index in [-0.39, 0.29) is 24.1 Å². The van der Waals surface area contributed by atoms with E-state index in [4.69, 9.17) is 5.73 Å². The van der Waals surface area contributed by atoms with Crippen LogP contribution >= 0.6 is 0 Å². The monoisotopic (exact) mass is 395 g/mol. The quantitative estimate of drug-likeness (QED) is 0.540. The number of hydrogen-bond donors (Lipinski definition) is 3. The van der Waals surface area contributed by atoms with Crippen molar-refractivity contribution in [3.05, 3.63) is 59.9 Å². The number of para-hydroxylation sites is 1. The molecule has 0 aliphatic carbocycles. The Morgan fingerprint density at radius 2 is 1.83 bits per heavy atom. The molecule has 0 saturated heterocycles. The lowest BCUT2D eigenvalue weighted by molar-refractivity contribution is -0.128. The zero-order chi connectivity index (χ0) is 21.0. The molecule has 6 heteroatoms.